The van der Waals surface area contributed by atoms with E-state index in [0.29, 0.717) is 15.8 Å². The third-order valence-corrected chi connectivity index (χ3v) is 7.71. The molecule has 3 aliphatic rings. The van der Waals surface area contributed by atoms with Crippen LogP contribution >= 0.6 is 23.8 Å². The number of thiocarbonyl (C=S) groups is 1. The Morgan fingerprint density at radius 2 is 1.85 bits per heavy atom. The van der Waals surface area contributed by atoms with E-state index in [1.54, 1.807) is 18.0 Å². The number of carbonyl (C=O) groups is 1. The standard InChI is InChI=1S/C31H26ClN5OS/c1-3-37-26-12-8-7-11-22(26)23-18-21(14-16-27(23)37)33-31(39)35-29-30(38)36(2)25-15-13-20(32)17-24(25)28(34-29)19-9-5-4-6-10-19/h4-18,23,29H,3H2,1-2H3,(H-,33,35,39)/p+1. The maximum absolute atomic E-state index is 13.6. The summed E-state index contributed by atoms with van der Waals surface area (Å²) in [4.78, 5) is 20.0. The molecule has 0 fully saturated rings. The first kappa shape index (κ1) is 25.2. The van der Waals surface area contributed by atoms with Gasteiger partial charge in [-0.25, -0.2) is 4.99 Å². The molecule has 194 valence electrons. The maximum atomic E-state index is 13.6. The molecule has 0 saturated carbocycles. The number of fused-ring (bicyclic) bond motifs is 4. The predicted octanol–water partition coefficient (Wildman–Crippen LogP) is 5.30. The molecule has 0 bridgehead atoms. The molecule has 1 aliphatic carbocycles. The zero-order chi connectivity index (χ0) is 27.1. The fraction of sp³-hybridized carbons (Fsp3) is 0.161. The molecular formula is C31H27ClN5OS+. The molecule has 2 N–H and O–H groups in total. The SMILES string of the molecule is CC[N+]1=C2C=CC(NC(=S)NC3N=C(c4ccccc4)c4cc(Cl)ccc4N(C)C3=O)=CC2c2ccccc21. The lowest BCUT2D eigenvalue weighted by atomic mass is 9.91. The summed E-state index contributed by atoms with van der Waals surface area (Å²) in [5, 5.41) is 7.33. The van der Waals surface area contributed by atoms with Crippen molar-refractivity contribution in [1.29, 1.82) is 0 Å². The molecule has 6 rings (SSSR count). The van der Waals surface area contributed by atoms with Crippen LogP contribution in [0.3, 0.4) is 0 Å². The van der Waals surface area contributed by atoms with Crippen LogP contribution in [0.4, 0.5) is 11.4 Å². The number of hydrogen-bond donors (Lipinski definition) is 2. The number of hydrogen-bond acceptors (Lipinski definition) is 3. The van der Waals surface area contributed by atoms with Crippen LogP contribution in [-0.4, -0.2) is 46.8 Å². The van der Waals surface area contributed by atoms with E-state index in [1.807, 2.05) is 48.5 Å². The van der Waals surface area contributed by atoms with Crippen molar-refractivity contribution in [3.05, 3.63) is 118 Å². The molecule has 3 aromatic carbocycles. The Morgan fingerprint density at radius 3 is 2.64 bits per heavy atom. The Kier molecular flexibility index (Phi) is 6.62. The molecule has 39 heavy (non-hydrogen) atoms. The normalized spacial score (nSPS) is 19.5. The molecule has 2 atom stereocenters. The quantitative estimate of drug-likeness (QED) is 0.341. The molecule has 0 spiro atoms. The summed E-state index contributed by atoms with van der Waals surface area (Å²) < 4.78 is 2.34. The van der Waals surface area contributed by atoms with Gasteiger partial charge in [-0.05, 0) is 49.5 Å². The highest BCUT2D eigenvalue weighted by atomic mass is 35.5. The number of benzene rings is 3. The number of amides is 1. The number of rotatable bonds is 4. The van der Waals surface area contributed by atoms with Crippen molar-refractivity contribution in [3.8, 4) is 0 Å². The fourth-order valence-corrected chi connectivity index (χ4v) is 5.84. The van der Waals surface area contributed by atoms with Gasteiger partial charge >= 0.3 is 0 Å². The number of carbonyl (C=O) groups excluding carboxylic acids is 1. The van der Waals surface area contributed by atoms with E-state index >= 15 is 0 Å². The van der Waals surface area contributed by atoms with Crippen molar-refractivity contribution in [1.82, 2.24) is 10.6 Å². The molecule has 3 aromatic rings. The number of halogens is 1. The van der Waals surface area contributed by atoms with Gasteiger partial charge in [-0.15, -0.1) is 0 Å². The molecule has 1 amide bonds. The van der Waals surface area contributed by atoms with Crippen molar-refractivity contribution >= 4 is 57.6 Å². The lowest BCUT2D eigenvalue weighted by Gasteiger charge is -2.22. The molecule has 2 aliphatic heterocycles. The van der Waals surface area contributed by atoms with E-state index in [2.05, 4.69) is 58.6 Å². The summed E-state index contributed by atoms with van der Waals surface area (Å²) in [6.07, 6.45) is 5.41. The second kappa shape index (κ2) is 10.2. The van der Waals surface area contributed by atoms with Crippen LogP contribution in [0.2, 0.25) is 5.02 Å². The van der Waals surface area contributed by atoms with Crippen LogP contribution < -0.4 is 15.5 Å². The zero-order valence-electron chi connectivity index (χ0n) is 21.6. The topological polar surface area (TPSA) is 59.7 Å². The van der Waals surface area contributed by atoms with Gasteiger partial charge in [-0.2, -0.15) is 4.58 Å². The molecule has 0 radical (unpaired) electrons. The van der Waals surface area contributed by atoms with E-state index in [1.165, 1.54) is 17.0 Å². The van der Waals surface area contributed by atoms with Gasteiger partial charge in [0.15, 0.2) is 10.8 Å². The highest BCUT2D eigenvalue weighted by Crippen LogP contribution is 2.38. The van der Waals surface area contributed by atoms with Gasteiger partial charge in [0.25, 0.3) is 5.91 Å². The fourth-order valence-electron chi connectivity index (χ4n) is 5.44. The lowest BCUT2D eigenvalue weighted by molar-refractivity contribution is -0.432. The van der Waals surface area contributed by atoms with E-state index in [4.69, 9.17) is 28.8 Å². The molecule has 2 heterocycles. The smallest absolute Gasteiger partial charge is 0.272 e. The first-order valence-corrected chi connectivity index (χ1v) is 13.6. The van der Waals surface area contributed by atoms with Gasteiger partial charge in [0, 0.05) is 46.6 Å². The van der Waals surface area contributed by atoms with Crippen molar-refractivity contribution in [3.63, 3.8) is 0 Å². The molecule has 0 aromatic heterocycles. The molecule has 8 heteroatoms. The second-order valence-electron chi connectivity index (χ2n) is 9.56. The summed E-state index contributed by atoms with van der Waals surface area (Å²) in [6, 6.07) is 23.7. The first-order chi connectivity index (χ1) is 18.9. The molecular weight excluding hydrogens is 526 g/mol. The average molecular weight is 553 g/mol. The minimum atomic E-state index is -0.922. The van der Waals surface area contributed by atoms with Gasteiger partial charge in [0.1, 0.15) is 6.54 Å². The summed E-state index contributed by atoms with van der Waals surface area (Å²) in [7, 11) is 1.74. The van der Waals surface area contributed by atoms with Gasteiger partial charge in [0.2, 0.25) is 11.9 Å². The summed E-state index contributed by atoms with van der Waals surface area (Å²) >= 11 is 12.0. The minimum absolute atomic E-state index is 0.143. The Labute approximate surface area is 238 Å². The minimum Gasteiger partial charge on any atom is -0.333 e. The Hall–Kier alpha value is -4.07. The van der Waals surface area contributed by atoms with Gasteiger partial charge in [-0.1, -0.05) is 60.1 Å². The number of para-hydroxylation sites is 1. The lowest BCUT2D eigenvalue weighted by Crippen LogP contribution is -2.49. The third-order valence-electron chi connectivity index (χ3n) is 7.26. The number of allylic oxidation sites excluding steroid dienone is 3. The number of anilines is 1. The Balaban J connectivity index is 1.29. The van der Waals surface area contributed by atoms with E-state index < -0.39 is 6.17 Å². The molecule has 6 nitrogen and oxygen atoms in total. The van der Waals surface area contributed by atoms with Crippen LogP contribution in [0.15, 0.2) is 102 Å². The number of aliphatic imine (C=N–C) groups is 1. The predicted molar refractivity (Wildman–Crippen MR) is 161 cm³/mol. The summed E-state index contributed by atoms with van der Waals surface area (Å²) in [5.41, 5.74) is 7.69. The van der Waals surface area contributed by atoms with Crippen molar-refractivity contribution in [2.75, 3.05) is 18.5 Å². The number of nitrogens with one attached hydrogen (secondary N) is 2. The van der Waals surface area contributed by atoms with Gasteiger partial charge < -0.3 is 15.5 Å². The van der Waals surface area contributed by atoms with Crippen molar-refractivity contribution < 1.29 is 9.37 Å². The largest absolute Gasteiger partial charge is 0.333 e. The average Bonchev–Trinajstić information content (AvgIpc) is 3.23. The highest BCUT2D eigenvalue weighted by molar-refractivity contribution is 7.80. The first-order valence-electron chi connectivity index (χ1n) is 12.9. The van der Waals surface area contributed by atoms with E-state index in [9.17, 15) is 4.79 Å². The third kappa shape index (κ3) is 4.58. The van der Waals surface area contributed by atoms with Crippen molar-refractivity contribution in [2.45, 2.75) is 19.0 Å². The van der Waals surface area contributed by atoms with Crippen LogP contribution in [-0.2, 0) is 4.79 Å². The zero-order valence-corrected chi connectivity index (χ0v) is 23.1. The summed E-state index contributed by atoms with van der Waals surface area (Å²) in [6.45, 7) is 3.06. The molecule has 0 saturated heterocycles. The van der Waals surface area contributed by atoms with Crippen LogP contribution in [0, 0.1) is 0 Å². The second-order valence-corrected chi connectivity index (χ2v) is 10.4. The molecule has 2 unspecified atom stereocenters. The van der Waals surface area contributed by atoms with Gasteiger partial charge in [-0.3, -0.25) is 4.79 Å². The highest BCUT2D eigenvalue weighted by Gasteiger charge is 2.37. The number of nitrogens with zero attached hydrogens (tertiary/aromatic N) is 3. The number of benzodiazepines with no additional fused rings is 1. The van der Waals surface area contributed by atoms with E-state index in [-0.39, 0.29) is 11.8 Å². The van der Waals surface area contributed by atoms with Crippen LogP contribution in [0.5, 0.6) is 0 Å². The van der Waals surface area contributed by atoms with E-state index in [0.717, 1.165) is 29.1 Å². The van der Waals surface area contributed by atoms with Crippen LogP contribution in [0.1, 0.15) is 29.5 Å². The summed E-state index contributed by atoms with van der Waals surface area (Å²) in [5.74, 6) is -0.0789. The maximum Gasteiger partial charge on any atom is 0.272 e. The number of likely N-dealkylation sites (N-methyl/N-ethyl adjacent to an activating group) is 1. The van der Waals surface area contributed by atoms with Gasteiger partial charge in [0.05, 0.1) is 17.3 Å². The Morgan fingerprint density at radius 1 is 1.08 bits per heavy atom. The van der Waals surface area contributed by atoms with Crippen LogP contribution in [0.25, 0.3) is 0 Å². The van der Waals surface area contributed by atoms with Crippen molar-refractivity contribution in [2.24, 2.45) is 4.99 Å². The monoisotopic (exact) mass is 552 g/mol. The Bertz CT molecular complexity index is 1620.